The number of thioether (sulfide) groups is 3. The minimum Gasteiger partial charge on any atom is -0.466 e. The summed E-state index contributed by atoms with van der Waals surface area (Å²) in [6, 6.07) is 11.5. The molecule has 0 radical (unpaired) electrons. The number of aryl methyl sites for hydroxylation is 1. The summed E-state index contributed by atoms with van der Waals surface area (Å²) in [7, 11) is 4.55. The molecule has 13 nitrogen and oxygen atoms in total. The topological polar surface area (TPSA) is 163 Å². The largest absolute Gasteiger partial charge is 0.466 e. The van der Waals surface area contributed by atoms with Gasteiger partial charge in [-0.2, -0.15) is 0 Å². The molecule has 264 valence electrons. The van der Waals surface area contributed by atoms with Gasteiger partial charge in [0, 0.05) is 16.0 Å². The van der Waals surface area contributed by atoms with Gasteiger partial charge in [-0.25, -0.2) is 19.2 Å². The van der Waals surface area contributed by atoms with E-state index in [1.54, 1.807) is 51.1 Å². The van der Waals surface area contributed by atoms with Gasteiger partial charge in [0.15, 0.2) is 0 Å². The normalized spacial score (nSPS) is 18.4. The number of carbonyl (C=O) groups is 7. The third kappa shape index (κ3) is 5.30. The number of esters is 4. The van der Waals surface area contributed by atoms with Crippen LogP contribution in [0.3, 0.4) is 0 Å². The molecule has 6 rings (SSSR count). The van der Waals surface area contributed by atoms with Crippen molar-refractivity contribution in [3.05, 3.63) is 89.9 Å². The Labute approximate surface area is 304 Å². The molecule has 0 saturated heterocycles. The molecule has 51 heavy (non-hydrogen) atoms. The van der Waals surface area contributed by atoms with Gasteiger partial charge in [-0.1, -0.05) is 65.6 Å². The molecule has 2 aromatic carbocycles. The van der Waals surface area contributed by atoms with Gasteiger partial charge >= 0.3 is 23.9 Å². The molecule has 0 bridgehead atoms. The molecule has 3 amide bonds. The van der Waals surface area contributed by atoms with Crippen LogP contribution in [0.25, 0.3) is 5.57 Å². The fourth-order valence-electron chi connectivity index (χ4n) is 6.55. The molecule has 0 fully saturated rings. The number of rotatable bonds is 6. The van der Waals surface area contributed by atoms with E-state index in [4.69, 9.17) is 18.9 Å². The summed E-state index contributed by atoms with van der Waals surface area (Å²) in [6.07, 6.45) is 0. The van der Waals surface area contributed by atoms with Crippen LogP contribution in [-0.2, 0) is 42.9 Å². The third-order valence-corrected chi connectivity index (χ3v) is 13.4. The zero-order valence-electron chi connectivity index (χ0n) is 28.4. The number of para-hydroxylation sites is 1. The molecule has 0 aliphatic carbocycles. The summed E-state index contributed by atoms with van der Waals surface area (Å²) in [5.41, 5.74) is 0.668. The summed E-state index contributed by atoms with van der Waals surface area (Å²) in [4.78, 5) is 97.4. The lowest BCUT2D eigenvalue weighted by Gasteiger charge is -2.51. The Hall–Kier alpha value is -4.80. The second kappa shape index (κ2) is 13.1. The number of amides is 3. The van der Waals surface area contributed by atoms with Crippen LogP contribution >= 0.6 is 35.3 Å². The molecule has 2 aromatic rings. The van der Waals surface area contributed by atoms with Crippen LogP contribution in [0.5, 0.6) is 0 Å². The Morgan fingerprint density at radius 3 is 1.69 bits per heavy atom. The Morgan fingerprint density at radius 2 is 1.18 bits per heavy atom. The lowest BCUT2D eigenvalue weighted by atomic mass is 9.82. The quantitative estimate of drug-likeness (QED) is 0.234. The fraction of sp³-hybridized carbons (Fsp3) is 0.286. The first-order valence-corrected chi connectivity index (χ1v) is 17.7. The number of carbonyl (C=O) groups excluding carboxylic acids is 7. The molecule has 0 atom stereocenters. The highest BCUT2D eigenvalue weighted by Crippen LogP contribution is 2.71. The maximum atomic E-state index is 14.6. The van der Waals surface area contributed by atoms with Gasteiger partial charge in [0.05, 0.1) is 56.4 Å². The number of anilines is 1. The van der Waals surface area contributed by atoms with Crippen molar-refractivity contribution in [2.24, 2.45) is 0 Å². The van der Waals surface area contributed by atoms with Crippen molar-refractivity contribution in [1.82, 2.24) is 4.90 Å². The van der Waals surface area contributed by atoms with Crippen molar-refractivity contribution in [2.75, 3.05) is 39.9 Å². The van der Waals surface area contributed by atoms with Crippen LogP contribution < -0.4 is 4.90 Å². The van der Waals surface area contributed by atoms with Gasteiger partial charge in [0.25, 0.3) is 11.8 Å². The van der Waals surface area contributed by atoms with E-state index < -0.39 is 57.8 Å². The Morgan fingerprint density at radius 1 is 0.686 bits per heavy atom. The molecule has 1 spiro atoms. The molecule has 0 unspecified atom stereocenters. The average molecular weight is 751 g/mol. The zero-order valence-corrected chi connectivity index (χ0v) is 30.8. The van der Waals surface area contributed by atoms with E-state index in [-0.39, 0.29) is 31.4 Å². The number of hydrogen-bond donors (Lipinski definition) is 0. The molecular weight excluding hydrogens is 721 g/mol. The first kappa shape index (κ1) is 36.0. The number of hydrogen-bond acceptors (Lipinski definition) is 14. The van der Waals surface area contributed by atoms with Crippen molar-refractivity contribution in [2.45, 2.75) is 30.4 Å². The molecule has 16 heteroatoms. The van der Waals surface area contributed by atoms with Gasteiger partial charge in [0.1, 0.15) is 25.3 Å². The van der Waals surface area contributed by atoms with Gasteiger partial charge in [-0.15, -0.1) is 0 Å². The Bertz CT molecular complexity index is 2040. The van der Waals surface area contributed by atoms with Crippen molar-refractivity contribution in [1.29, 1.82) is 0 Å². The standard InChI is InChI=1S/C35H30N2O11S3/c1-16-11-10-14-19-21-27(34(2,3)37(23(16)19)20(38)15-36-28(39)17-12-8-9-13-18(17)29(36)40)49-24(31(42)46-5)22(30(41)45-4)35(21)50-25(32(43)47-6)26(51-35)33(44)48-7/h8-14H,15H2,1-7H3. The van der Waals surface area contributed by atoms with E-state index in [0.29, 0.717) is 27.3 Å². The summed E-state index contributed by atoms with van der Waals surface area (Å²) >= 11 is 2.52. The van der Waals surface area contributed by atoms with E-state index in [1.807, 2.05) is 0 Å². The smallest absolute Gasteiger partial charge is 0.345 e. The van der Waals surface area contributed by atoms with Crippen molar-refractivity contribution in [3.8, 4) is 0 Å². The Balaban J connectivity index is 1.60. The lowest BCUT2D eigenvalue weighted by molar-refractivity contribution is -0.138. The van der Waals surface area contributed by atoms with Crippen molar-refractivity contribution < 1.29 is 52.5 Å². The van der Waals surface area contributed by atoms with Gasteiger partial charge in [0.2, 0.25) is 5.91 Å². The number of imide groups is 1. The molecule has 4 aliphatic heterocycles. The van der Waals surface area contributed by atoms with E-state index in [0.717, 1.165) is 68.6 Å². The molecule has 4 aliphatic rings. The summed E-state index contributed by atoms with van der Waals surface area (Å²) in [5.74, 6) is -5.43. The highest BCUT2D eigenvalue weighted by atomic mass is 32.2. The molecule has 0 N–H and O–H groups in total. The molecule has 4 heterocycles. The second-order valence-electron chi connectivity index (χ2n) is 12.0. The number of ether oxygens (including phenoxy) is 4. The maximum absolute atomic E-state index is 14.6. The average Bonchev–Trinajstić information content (AvgIpc) is 3.62. The molecule has 0 saturated carbocycles. The third-order valence-electron chi connectivity index (χ3n) is 8.78. The monoisotopic (exact) mass is 750 g/mol. The Kier molecular flexibility index (Phi) is 9.23. The summed E-state index contributed by atoms with van der Waals surface area (Å²) < 4.78 is 18.7. The van der Waals surface area contributed by atoms with Crippen LogP contribution in [0, 0.1) is 6.92 Å². The predicted molar refractivity (Wildman–Crippen MR) is 189 cm³/mol. The highest BCUT2D eigenvalue weighted by molar-refractivity contribution is 8.26. The number of fused-ring (bicyclic) bond motifs is 4. The second-order valence-corrected chi connectivity index (χ2v) is 15.7. The molecular formula is C35H30N2O11S3. The van der Waals surface area contributed by atoms with Crippen LogP contribution in [0.2, 0.25) is 0 Å². The van der Waals surface area contributed by atoms with E-state index in [9.17, 15) is 33.6 Å². The maximum Gasteiger partial charge on any atom is 0.345 e. The van der Waals surface area contributed by atoms with Crippen LogP contribution in [-0.4, -0.2) is 91.1 Å². The van der Waals surface area contributed by atoms with E-state index >= 15 is 0 Å². The minimum absolute atomic E-state index is 0.171. The minimum atomic E-state index is -1.75. The lowest BCUT2D eigenvalue weighted by Crippen LogP contribution is -2.56. The van der Waals surface area contributed by atoms with Gasteiger partial charge in [-0.05, 0) is 38.5 Å². The van der Waals surface area contributed by atoms with Crippen molar-refractivity contribution >= 4 is 88.1 Å². The predicted octanol–water partition coefficient (Wildman–Crippen LogP) is 4.21. The zero-order chi connectivity index (χ0) is 37.2. The van der Waals surface area contributed by atoms with E-state index in [2.05, 4.69) is 0 Å². The summed E-state index contributed by atoms with van der Waals surface area (Å²) in [5, 5.41) is 0. The van der Waals surface area contributed by atoms with E-state index in [1.165, 1.54) is 17.0 Å². The van der Waals surface area contributed by atoms with Crippen LogP contribution in [0.1, 0.15) is 45.7 Å². The van der Waals surface area contributed by atoms with Crippen LogP contribution in [0.4, 0.5) is 5.69 Å². The van der Waals surface area contributed by atoms with Gasteiger partial charge in [-0.3, -0.25) is 24.2 Å². The number of benzene rings is 2. The molecule has 0 aromatic heterocycles. The highest BCUT2D eigenvalue weighted by Gasteiger charge is 2.62. The number of nitrogens with zero attached hydrogens (tertiary/aromatic N) is 2. The van der Waals surface area contributed by atoms with Crippen LogP contribution in [0.15, 0.2) is 67.7 Å². The summed E-state index contributed by atoms with van der Waals surface area (Å²) in [6.45, 7) is 4.61. The first-order valence-electron chi connectivity index (χ1n) is 15.2. The SMILES string of the molecule is COC(=O)C1=C(C(=O)OC)SC2(S1)C(C(=O)OC)=C(C(=O)OC)SC1=C2c2cccc(C)c2N(C(=O)CN2C(=O)c3ccccc3C2=O)C1(C)C. The fourth-order valence-corrected chi connectivity index (χ4v) is 11.6. The van der Waals surface area contributed by atoms with Gasteiger partial charge < -0.3 is 18.9 Å². The number of methoxy groups -OCH3 is 4. The first-order chi connectivity index (χ1) is 24.2. The van der Waals surface area contributed by atoms with Crippen molar-refractivity contribution in [3.63, 3.8) is 0 Å².